The SMILES string of the molecule is Cc1ncnc(N2CCC(CNC(=O)OC(C)(C)C)CC2)c1-c1ccc(N)nc1. The Morgan fingerprint density at radius 1 is 1.24 bits per heavy atom. The van der Waals surface area contributed by atoms with Crippen LogP contribution in [0.4, 0.5) is 16.4 Å². The van der Waals surface area contributed by atoms with Gasteiger partial charge in [-0.05, 0) is 58.6 Å². The second-order valence-electron chi connectivity index (χ2n) is 8.44. The third-order valence-electron chi connectivity index (χ3n) is 4.94. The van der Waals surface area contributed by atoms with E-state index in [1.54, 1.807) is 18.6 Å². The maximum absolute atomic E-state index is 11.9. The summed E-state index contributed by atoms with van der Waals surface area (Å²) in [6, 6.07) is 3.75. The van der Waals surface area contributed by atoms with E-state index in [1.165, 1.54) is 0 Å². The van der Waals surface area contributed by atoms with Gasteiger partial charge in [-0.2, -0.15) is 0 Å². The summed E-state index contributed by atoms with van der Waals surface area (Å²) in [4.78, 5) is 27.3. The Hall–Kier alpha value is -2.90. The lowest BCUT2D eigenvalue weighted by Gasteiger charge is -2.34. The largest absolute Gasteiger partial charge is 0.444 e. The number of hydrogen-bond donors (Lipinski definition) is 2. The summed E-state index contributed by atoms with van der Waals surface area (Å²) in [5.74, 6) is 1.83. The van der Waals surface area contributed by atoms with Crippen molar-refractivity contribution in [2.75, 3.05) is 30.3 Å². The molecule has 1 fully saturated rings. The molecular formula is C21H30N6O2. The van der Waals surface area contributed by atoms with E-state index in [0.29, 0.717) is 18.3 Å². The first-order valence-corrected chi connectivity index (χ1v) is 9.98. The molecule has 8 nitrogen and oxygen atoms in total. The Bertz CT molecular complexity index is 839. The van der Waals surface area contributed by atoms with Crippen LogP contribution in [0.5, 0.6) is 0 Å². The Kier molecular flexibility index (Phi) is 6.20. The van der Waals surface area contributed by atoms with E-state index in [-0.39, 0.29) is 6.09 Å². The average molecular weight is 399 g/mol. The second kappa shape index (κ2) is 8.63. The minimum Gasteiger partial charge on any atom is -0.444 e. The number of carbonyl (C=O) groups excluding carboxylic acids is 1. The van der Waals surface area contributed by atoms with Crippen LogP contribution in [0.1, 0.15) is 39.3 Å². The quantitative estimate of drug-likeness (QED) is 0.814. The first-order valence-electron chi connectivity index (χ1n) is 9.98. The first kappa shape index (κ1) is 20.8. The van der Waals surface area contributed by atoms with Crippen molar-refractivity contribution in [1.29, 1.82) is 0 Å². The number of aromatic nitrogens is 3. The zero-order valence-corrected chi connectivity index (χ0v) is 17.6. The van der Waals surface area contributed by atoms with Crippen molar-refractivity contribution in [1.82, 2.24) is 20.3 Å². The first-order chi connectivity index (χ1) is 13.7. The van der Waals surface area contributed by atoms with Gasteiger partial charge in [0.25, 0.3) is 0 Å². The van der Waals surface area contributed by atoms with Gasteiger partial charge in [0.2, 0.25) is 0 Å². The van der Waals surface area contributed by atoms with Crippen molar-refractivity contribution in [3.63, 3.8) is 0 Å². The molecule has 0 atom stereocenters. The summed E-state index contributed by atoms with van der Waals surface area (Å²) in [5.41, 5.74) is 8.11. The highest BCUT2D eigenvalue weighted by molar-refractivity contribution is 5.77. The lowest BCUT2D eigenvalue weighted by atomic mass is 9.96. The topological polar surface area (TPSA) is 106 Å². The van der Waals surface area contributed by atoms with Crippen LogP contribution in [0.2, 0.25) is 0 Å². The standard InChI is InChI=1S/C21H30N6O2/c1-14-18(16-5-6-17(22)23-12-16)19(26-13-25-14)27-9-7-15(8-10-27)11-24-20(28)29-21(2,3)4/h5-6,12-13,15H,7-11H2,1-4H3,(H2,22,23)(H,24,28). The van der Waals surface area contributed by atoms with Gasteiger partial charge in [-0.3, -0.25) is 0 Å². The van der Waals surface area contributed by atoms with Gasteiger partial charge in [-0.25, -0.2) is 19.7 Å². The molecule has 3 heterocycles. The number of alkyl carbamates (subject to hydrolysis) is 1. The summed E-state index contributed by atoms with van der Waals surface area (Å²) < 4.78 is 5.31. The van der Waals surface area contributed by atoms with Gasteiger partial charge in [0.1, 0.15) is 23.6 Å². The molecule has 1 saturated heterocycles. The van der Waals surface area contributed by atoms with Crippen LogP contribution in [0.3, 0.4) is 0 Å². The number of amides is 1. The number of piperidine rings is 1. The number of carbonyl (C=O) groups is 1. The van der Waals surface area contributed by atoms with Crippen molar-refractivity contribution in [3.05, 3.63) is 30.4 Å². The fourth-order valence-electron chi connectivity index (χ4n) is 3.48. The number of anilines is 2. The number of pyridine rings is 1. The molecule has 1 aliphatic rings. The van der Waals surface area contributed by atoms with E-state index in [2.05, 4.69) is 25.2 Å². The molecule has 1 amide bonds. The summed E-state index contributed by atoms with van der Waals surface area (Å²) in [7, 11) is 0. The Morgan fingerprint density at radius 3 is 2.59 bits per heavy atom. The van der Waals surface area contributed by atoms with Gasteiger partial charge in [-0.1, -0.05) is 0 Å². The molecule has 0 radical (unpaired) electrons. The van der Waals surface area contributed by atoms with Crippen LogP contribution in [0.25, 0.3) is 11.1 Å². The average Bonchev–Trinajstić information content (AvgIpc) is 2.66. The van der Waals surface area contributed by atoms with Gasteiger partial charge in [0, 0.05) is 37.0 Å². The van der Waals surface area contributed by atoms with Crippen LogP contribution in [0, 0.1) is 12.8 Å². The number of rotatable bonds is 4. The molecule has 0 aliphatic carbocycles. The van der Waals surface area contributed by atoms with Gasteiger partial charge in [0.15, 0.2) is 0 Å². The van der Waals surface area contributed by atoms with E-state index in [4.69, 9.17) is 10.5 Å². The van der Waals surface area contributed by atoms with Crippen LogP contribution < -0.4 is 16.0 Å². The molecule has 0 unspecified atom stereocenters. The number of ether oxygens (including phenoxy) is 1. The van der Waals surface area contributed by atoms with Crippen molar-refractivity contribution in [2.45, 2.75) is 46.1 Å². The number of aryl methyl sites for hydroxylation is 1. The number of nitrogens with one attached hydrogen (secondary N) is 1. The summed E-state index contributed by atoms with van der Waals surface area (Å²) in [5, 5.41) is 2.89. The van der Waals surface area contributed by atoms with E-state index in [9.17, 15) is 4.79 Å². The fraction of sp³-hybridized carbons (Fsp3) is 0.524. The predicted octanol–water partition coefficient (Wildman–Crippen LogP) is 3.17. The van der Waals surface area contributed by atoms with Crippen molar-refractivity contribution in [2.24, 2.45) is 5.92 Å². The molecule has 156 valence electrons. The van der Waals surface area contributed by atoms with Gasteiger partial charge in [0.05, 0.1) is 5.69 Å². The normalized spacial score (nSPS) is 15.2. The third-order valence-corrected chi connectivity index (χ3v) is 4.94. The Balaban J connectivity index is 1.64. The predicted molar refractivity (Wildman–Crippen MR) is 114 cm³/mol. The molecule has 3 rings (SSSR count). The van der Waals surface area contributed by atoms with Gasteiger partial charge < -0.3 is 20.7 Å². The van der Waals surface area contributed by atoms with Gasteiger partial charge >= 0.3 is 6.09 Å². The minimum absolute atomic E-state index is 0.357. The second-order valence-corrected chi connectivity index (χ2v) is 8.44. The van der Waals surface area contributed by atoms with Crippen molar-refractivity contribution < 1.29 is 9.53 Å². The zero-order valence-electron chi connectivity index (χ0n) is 17.6. The summed E-state index contributed by atoms with van der Waals surface area (Å²) in [6.07, 6.45) is 4.96. The van der Waals surface area contributed by atoms with Gasteiger partial charge in [-0.15, -0.1) is 0 Å². The summed E-state index contributed by atoms with van der Waals surface area (Å²) in [6.45, 7) is 9.93. The Morgan fingerprint density at radius 2 is 1.97 bits per heavy atom. The molecule has 0 saturated carbocycles. The summed E-state index contributed by atoms with van der Waals surface area (Å²) >= 11 is 0. The molecule has 2 aromatic rings. The molecule has 2 aromatic heterocycles. The lowest BCUT2D eigenvalue weighted by molar-refractivity contribution is 0.0517. The Labute approximate surface area is 171 Å². The van der Waals surface area contributed by atoms with Crippen LogP contribution in [-0.4, -0.2) is 46.3 Å². The number of nitrogens with zero attached hydrogens (tertiary/aromatic N) is 4. The molecule has 3 N–H and O–H groups in total. The molecule has 0 bridgehead atoms. The smallest absolute Gasteiger partial charge is 0.407 e. The molecule has 0 spiro atoms. The number of nitrogens with two attached hydrogens (primary N) is 1. The maximum Gasteiger partial charge on any atom is 0.407 e. The van der Waals surface area contributed by atoms with Crippen LogP contribution in [0.15, 0.2) is 24.7 Å². The maximum atomic E-state index is 11.9. The van der Waals surface area contributed by atoms with Crippen molar-refractivity contribution >= 4 is 17.7 Å². The third kappa shape index (κ3) is 5.56. The van der Waals surface area contributed by atoms with E-state index < -0.39 is 5.60 Å². The highest BCUT2D eigenvalue weighted by Crippen LogP contribution is 2.33. The van der Waals surface area contributed by atoms with E-state index in [0.717, 1.165) is 48.6 Å². The molecule has 1 aliphatic heterocycles. The molecule has 29 heavy (non-hydrogen) atoms. The molecule has 0 aromatic carbocycles. The monoisotopic (exact) mass is 398 g/mol. The minimum atomic E-state index is -0.480. The highest BCUT2D eigenvalue weighted by atomic mass is 16.6. The fourth-order valence-corrected chi connectivity index (χ4v) is 3.48. The number of hydrogen-bond acceptors (Lipinski definition) is 7. The lowest BCUT2D eigenvalue weighted by Crippen LogP contribution is -2.40. The molecular weight excluding hydrogens is 368 g/mol. The van der Waals surface area contributed by atoms with E-state index in [1.807, 2.05) is 33.8 Å². The van der Waals surface area contributed by atoms with Crippen molar-refractivity contribution in [3.8, 4) is 11.1 Å². The molecule has 8 heteroatoms. The number of nitrogen functional groups attached to an aromatic ring is 1. The van der Waals surface area contributed by atoms with Crippen LogP contribution >= 0.6 is 0 Å². The zero-order chi connectivity index (χ0) is 21.0. The highest BCUT2D eigenvalue weighted by Gasteiger charge is 2.25. The van der Waals surface area contributed by atoms with E-state index >= 15 is 0 Å². The van der Waals surface area contributed by atoms with Crippen LogP contribution in [-0.2, 0) is 4.74 Å².